The number of ketones is 1. The Kier molecular flexibility index (Phi) is 4.60. The van der Waals surface area contributed by atoms with Gasteiger partial charge in [0.1, 0.15) is 0 Å². The second kappa shape index (κ2) is 5.97. The van der Waals surface area contributed by atoms with Crippen LogP contribution in [0.2, 0.25) is 0 Å². The van der Waals surface area contributed by atoms with E-state index in [1.807, 2.05) is 24.3 Å². The molecule has 0 spiro atoms. The maximum atomic E-state index is 11.1. The first-order valence-electron chi connectivity index (χ1n) is 5.48. The van der Waals surface area contributed by atoms with E-state index < -0.39 is 0 Å². The van der Waals surface area contributed by atoms with E-state index >= 15 is 0 Å². The predicted octanol–water partition coefficient (Wildman–Crippen LogP) is 2.74. The number of benzene rings is 1. The number of anilines is 1. The average Bonchev–Trinajstić information content (AvgIpc) is 2.29. The molecular weight excluding hydrogens is 198 g/mol. The summed E-state index contributed by atoms with van der Waals surface area (Å²) >= 11 is 0. The van der Waals surface area contributed by atoms with Crippen LogP contribution in [0.3, 0.4) is 0 Å². The van der Waals surface area contributed by atoms with Gasteiger partial charge in [-0.3, -0.25) is 4.79 Å². The van der Waals surface area contributed by atoms with Crippen molar-refractivity contribution in [2.45, 2.75) is 20.3 Å². The number of carbonyl (C=O) groups is 1. The highest BCUT2D eigenvalue weighted by Gasteiger charge is 2.04. The highest BCUT2D eigenvalue weighted by Crippen LogP contribution is 2.15. The quantitative estimate of drug-likeness (QED) is 0.556. The molecule has 0 heterocycles. The van der Waals surface area contributed by atoms with Gasteiger partial charge in [-0.1, -0.05) is 12.8 Å². The number of hydrogen-bond donors (Lipinski definition) is 0. The van der Waals surface area contributed by atoms with Gasteiger partial charge in [-0.15, -0.1) is 6.42 Å². The molecule has 0 aromatic heterocycles. The van der Waals surface area contributed by atoms with Crippen LogP contribution in [-0.2, 0) is 0 Å². The molecule has 1 rings (SSSR count). The van der Waals surface area contributed by atoms with Gasteiger partial charge in [-0.2, -0.15) is 0 Å². The Morgan fingerprint density at radius 2 is 2.00 bits per heavy atom. The lowest BCUT2D eigenvalue weighted by atomic mass is 10.1. The standard InChI is InChI=1S/C14H17NO/c1-4-10-15(11-5-2)14-8-6-13(7-9-14)12(3)16/h1,6-9H,5,10-11H2,2-3H3. The van der Waals surface area contributed by atoms with Crippen molar-refractivity contribution in [2.75, 3.05) is 18.0 Å². The van der Waals surface area contributed by atoms with Crippen molar-refractivity contribution in [1.82, 2.24) is 0 Å². The summed E-state index contributed by atoms with van der Waals surface area (Å²) in [6.07, 6.45) is 6.38. The number of hydrogen-bond acceptors (Lipinski definition) is 2. The minimum absolute atomic E-state index is 0.0885. The molecule has 0 saturated carbocycles. The molecule has 0 radical (unpaired) electrons. The van der Waals surface area contributed by atoms with Crippen LogP contribution < -0.4 is 4.90 Å². The van der Waals surface area contributed by atoms with Crippen LogP contribution in [0.1, 0.15) is 30.6 Å². The zero-order valence-corrected chi connectivity index (χ0v) is 9.86. The number of carbonyl (C=O) groups excluding carboxylic acids is 1. The molecule has 0 aliphatic heterocycles. The Hall–Kier alpha value is -1.75. The summed E-state index contributed by atoms with van der Waals surface area (Å²) in [4.78, 5) is 13.3. The van der Waals surface area contributed by atoms with Crippen LogP contribution in [-0.4, -0.2) is 18.9 Å². The number of terminal acetylenes is 1. The summed E-state index contributed by atoms with van der Waals surface area (Å²) in [5, 5.41) is 0. The Labute approximate surface area is 97.3 Å². The van der Waals surface area contributed by atoms with Gasteiger partial charge in [0.15, 0.2) is 5.78 Å². The van der Waals surface area contributed by atoms with E-state index in [9.17, 15) is 4.79 Å². The molecule has 1 aromatic rings. The molecule has 0 amide bonds. The molecule has 0 N–H and O–H groups in total. The smallest absolute Gasteiger partial charge is 0.159 e. The molecule has 84 valence electrons. The van der Waals surface area contributed by atoms with Crippen LogP contribution in [0.4, 0.5) is 5.69 Å². The zero-order chi connectivity index (χ0) is 12.0. The maximum absolute atomic E-state index is 11.1. The molecule has 0 saturated heterocycles. The Balaban J connectivity index is 2.85. The monoisotopic (exact) mass is 215 g/mol. The minimum atomic E-state index is 0.0885. The summed E-state index contributed by atoms with van der Waals surface area (Å²) in [7, 11) is 0. The fraction of sp³-hybridized carbons (Fsp3) is 0.357. The van der Waals surface area contributed by atoms with Gasteiger partial charge in [-0.05, 0) is 37.6 Å². The van der Waals surface area contributed by atoms with E-state index in [1.165, 1.54) is 0 Å². The van der Waals surface area contributed by atoms with Crippen molar-refractivity contribution in [1.29, 1.82) is 0 Å². The molecule has 0 fully saturated rings. The van der Waals surface area contributed by atoms with E-state index in [2.05, 4.69) is 17.7 Å². The number of nitrogens with zero attached hydrogens (tertiary/aromatic N) is 1. The molecule has 2 heteroatoms. The van der Waals surface area contributed by atoms with Crippen molar-refractivity contribution >= 4 is 11.5 Å². The van der Waals surface area contributed by atoms with Crippen molar-refractivity contribution in [3.63, 3.8) is 0 Å². The van der Waals surface area contributed by atoms with E-state index in [-0.39, 0.29) is 5.78 Å². The average molecular weight is 215 g/mol. The van der Waals surface area contributed by atoms with Crippen molar-refractivity contribution < 1.29 is 4.79 Å². The second-order valence-corrected chi connectivity index (χ2v) is 3.73. The highest BCUT2D eigenvalue weighted by molar-refractivity contribution is 5.94. The molecule has 2 nitrogen and oxygen atoms in total. The first kappa shape index (κ1) is 12.3. The second-order valence-electron chi connectivity index (χ2n) is 3.73. The van der Waals surface area contributed by atoms with E-state index in [0.29, 0.717) is 6.54 Å². The van der Waals surface area contributed by atoms with Gasteiger partial charge in [0.25, 0.3) is 0 Å². The van der Waals surface area contributed by atoms with Crippen LogP contribution in [0.25, 0.3) is 0 Å². The SMILES string of the molecule is C#CCN(CCC)c1ccc(C(C)=O)cc1. The summed E-state index contributed by atoms with van der Waals surface area (Å²) in [5.74, 6) is 2.74. The molecule has 1 aromatic carbocycles. The predicted molar refractivity (Wildman–Crippen MR) is 67.8 cm³/mol. The van der Waals surface area contributed by atoms with Gasteiger partial charge in [-0.25, -0.2) is 0 Å². The van der Waals surface area contributed by atoms with Crippen LogP contribution in [0.5, 0.6) is 0 Å². The Morgan fingerprint density at radius 3 is 2.44 bits per heavy atom. The molecular formula is C14H17NO. The Morgan fingerprint density at radius 1 is 1.38 bits per heavy atom. The first-order chi connectivity index (χ1) is 7.69. The fourth-order valence-corrected chi connectivity index (χ4v) is 1.59. The Bertz CT molecular complexity index is 386. The largest absolute Gasteiger partial charge is 0.360 e. The fourth-order valence-electron chi connectivity index (χ4n) is 1.59. The topological polar surface area (TPSA) is 20.3 Å². The van der Waals surface area contributed by atoms with Crippen LogP contribution in [0.15, 0.2) is 24.3 Å². The molecule has 0 atom stereocenters. The van der Waals surface area contributed by atoms with Crippen molar-refractivity contribution in [3.05, 3.63) is 29.8 Å². The third-order valence-corrected chi connectivity index (χ3v) is 2.41. The van der Waals surface area contributed by atoms with Gasteiger partial charge in [0, 0.05) is 17.8 Å². The maximum Gasteiger partial charge on any atom is 0.159 e. The first-order valence-corrected chi connectivity index (χ1v) is 5.48. The van der Waals surface area contributed by atoms with E-state index in [1.54, 1.807) is 6.92 Å². The van der Waals surface area contributed by atoms with Gasteiger partial charge in [0.2, 0.25) is 0 Å². The molecule has 0 bridgehead atoms. The summed E-state index contributed by atoms with van der Waals surface area (Å²) < 4.78 is 0. The van der Waals surface area contributed by atoms with Gasteiger partial charge in [0.05, 0.1) is 6.54 Å². The van der Waals surface area contributed by atoms with Crippen molar-refractivity contribution in [2.24, 2.45) is 0 Å². The van der Waals surface area contributed by atoms with Crippen LogP contribution in [0, 0.1) is 12.3 Å². The molecule has 0 aliphatic carbocycles. The number of Topliss-reactive ketones (excluding diaryl/α,β-unsaturated/α-hetero) is 1. The lowest BCUT2D eigenvalue weighted by molar-refractivity contribution is 0.101. The summed E-state index contributed by atoms with van der Waals surface area (Å²) in [5.41, 5.74) is 1.81. The van der Waals surface area contributed by atoms with Crippen molar-refractivity contribution in [3.8, 4) is 12.3 Å². The lowest BCUT2D eigenvalue weighted by Gasteiger charge is -2.21. The molecule has 0 unspecified atom stereocenters. The summed E-state index contributed by atoms with van der Waals surface area (Å²) in [6.45, 7) is 5.23. The van der Waals surface area contributed by atoms with Crippen LogP contribution >= 0.6 is 0 Å². The third-order valence-electron chi connectivity index (χ3n) is 2.41. The van der Waals surface area contributed by atoms with E-state index in [0.717, 1.165) is 24.2 Å². The minimum Gasteiger partial charge on any atom is -0.360 e. The highest BCUT2D eigenvalue weighted by atomic mass is 16.1. The summed E-state index contributed by atoms with van der Waals surface area (Å²) in [6, 6.07) is 7.58. The number of rotatable bonds is 5. The lowest BCUT2D eigenvalue weighted by Crippen LogP contribution is -2.24. The third kappa shape index (κ3) is 3.13. The van der Waals surface area contributed by atoms with Gasteiger partial charge < -0.3 is 4.90 Å². The van der Waals surface area contributed by atoms with Gasteiger partial charge >= 0.3 is 0 Å². The molecule has 16 heavy (non-hydrogen) atoms. The normalized spacial score (nSPS) is 9.56. The van der Waals surface area contributed by atoms with E-state index in [4.69, 9.17) is 6.42 Å². The molecule has 0 aliphatic rings. The zero-order valence-electron chi connectivity index (χ0n) is 9.86.